The first kappa shape index (κ1) is 18.1. The highest BCUT2D eigenvalue weighted by molar-refractivity contribution is 6.30. The van der Waals surface area contributed by atoms with Crippen LogP contribution in [0.3, 0.4) is 0 Å². The summed E-state index contributed by atoms with van der Waals surface area (Å²) in [5.41, 5.74) is -1.24. The van der Waals surface area contributed by atoms with Gasteiger partial charge in [0.05, 0.1) is 28.0 Å². The van der Waals surface area contributed by atoms with E-state index in [-0.39, 0.29) is 18.7 Å². The smallest absolute Gasteiger partial charge is 0.277 e. The van der Waals surface area contributed by atoms with Crippen molar-refractivity contribution >= 4 is 28.9 Å². The van der Waals surface area contributed by atoms with Crippen LogP contribution in [-0.2, 0) is 0 Å². The Morgan fingerprint density at radius 3 is 2.28 bits per heavy atom. The molecule has 0 spiro atoms. The van der Waals surface area contributed by atoms with Gasteiger partial charge in [-0.3, -0.25) is 25.0 Å². The van der Waals surface area contributed by atoms with E-state index in [1.807, 2.05) is 0 Å². The van der Waals surface area contributed by atoms with Crippen molar-refractivity contribution in [2.75, 3.05) is 13.2 Å². The second-order valence-corrected chi connectivity index (χ2v) is 5.25. The molecule has 2 aromatic carbocycles. The van der Waals surface area contributed by atoms with Gasteiger partial charge in [0.25, 0.3) is 17.3 Å². The average Bonchev–Trinajstić information content (AvgIpc) is 2.58. The summed E-state index contributed by atoms with van der Waals surface area (Å²) < 4.78 is 5.38. The summed E-state index contributed by atoms with van der Waals surface area (Å²) >= 11 is 5.81. The summed E-state index contributed by atoms with van der Waals surface area (Å²) in [6.45, 7) is 0.227. The number of nitrogens with one attached hydrogen (secondary N) is 1. The average molecular weight is 366 g/mol. The number of hydrogen-bond donors (Lipinski definition) is 1. The fraction of sp³-hybridized carbons (Fsp3) is 0.133. The number of nitro groups is 2. The lowest BCUT2D eigenvalue weighted by Crippen LogP contribution is -2.28. The van der Waals surface area contributed by atoms with Crippen molar-refractivity contribution in [3.8, 4) is 5.75 Å². The number of carbonyl (C=O) groups is 1. The third kappa shape index (κ3) is 5.15. The molecule has 2 aromatic rings. The van der Waals surface area contributed by atoms with Gasteiger partial charge in [-0.25, -0.2) is 0 Å². The summed E-state index contributed by atoms with van der Waals surface area (Å²) in [7, 11) is 0. The normalized spacial score (nSPS) is 10.1. The minimum Gasteiger partial charge on any atom is -0.492 e. The van der Waals surface area contributed by atoms with E-state index in [4.69, 9.17) is 16.3 Å². The van der Waals surface area contributed by atoms with Crippen LogP contribution >= 0.6 is 11.6 Å². The molecule has 0 saturated heterocycles. The van der Waals surface area contributed by atoms with Crippen LogP contribution in [0.5, 0.6) is 5.75 Å². The highest BCUT2D eigenvalue weighted by atomic mass is 35.5. The molecular weight excluding hydrogens is 354 g/mol. The molecule has 25 heavy (non-hydrogen) atoms. The van der Waals surface area contributed by atoms with E-state index in [9.17, 15) is 25.0 Å². The Morgan fingerprint density at radius 2 is 1.72 bits per heavy atom. The van der Waals surface area contributed by atoms with Crippen LogP contribution in [0.2, 0.25) is 5.02 Å². The summed E-state index contributed by atoms with van der Waals surface area (Å²) in [6.07, 6.45) is 0. The largest absolute Gasteiger partial charge is 0.492 e. The summed E-state index contributed by atoms with van der Waals surface area (Å²) in [5, 5.41) is 24.6. The number of nitro benzene ring substituents is 2. The van der Waals surface area contributed by atoms with Gasteiger partial charge in [-0.05, 0) is 18.2 Å². The van der Waals surface area contributed by atoms with Crippen molar-refractivity contribution in [2.24, 2.45) is 0 Å². The number of nitrogens with zero attached hydrogens (tertiary/aromatic N) is 2. The van der Waals surface area contributed by atoms with Gasteiger partial charge in [0, 0.05) is 17.2 Å². The topological polar surface area (TPSA) is 125 Å². The van der Waals surface area contributed by atoms with Crippen LogP contribution in [0.15, 0.2) is 42.5 Å². The first-order chi connectivity index (χ1) is 11.9. The third-order valence-corrected chi connectivity index (χ3v) is 3.27. The van der Waals surface area contributed by atoms with Crippen molar-refractivity contribution in [1.82, 2.24) is 5.32 Å². The van der Waals surface area contributed by atoms with E-state index in [1.165, 1.54) is 0 Å². The highest BCUT2D eigenvalue weighted by Crippen LogP contribution is 2.22. The van der Waals surface area contributed by atoms with E-state index in [0.29, 0.717) is 10.8 Å². The number of rotatable bonds is 7. The molecule has 0 aromatic heterocycles. The minimum absolute atomic E-state index is 0.0990. The Hall–Kier alpha value is -3.20. The molecule has 10 heteroatoms. The standard InChI is InChI=1S/C15H12ClN3O6/c16-11-2-1-3-14(8-11)25-5-4-17-15(20)10-6-12(18(21)22)9-13(7-10)19(23)24/h1-3,6-9H,4-5H2,(H,17,20). The zero-order valence-corrected chi connectivity index (χ0v) is 13.4. The molecule has 0 radical (unpaired) electrons. The Kier molecular flexibility index (Phi) is 5.85. The number of non-ortho nitro benzene ring substituents is 2. The zero-order chi connectivity index (χ0) is 18.4. The van der Waals surface area contributed by atoms with Crippen molar-refractivity contribution < 1.29 is 19.4 Å². The van der Waals surface area contributed by atoms with Gasteiger partial charge in [0.1, 0.15) is 12.4 Å². The number of hydrogen-bond acceptors (Lipinski definition) is 6. The Balaban J connectivity index is 1.98. The molecule has 1 N–H and O–H groups in total. The molecule has 0 atom stereocenters. The maximum atomic E-state index is 12.0. The van der Waals surface area contributed by atoms with E-state index < -0.39 is 27.1 Å². The lowest BCUT2D eigenvalue weighted by Gasteiger charge is -2.08. The molecule has 9 nitrogen and oxygen atoms in total. The van der Waals surface area contributed by atoms with Crippen LogP contribution < -0.4 is 10.1 Å². The lowest BCUT2D eigenvalue weighted by atomic mass is 10.1. The summed E-state index contributed by atoms with van der Waals surface area (Å²) in [4.78, 5) is 32.1. The number of ether oxygens (including phenoxy) is 1. The number of amides is 1. The van der Waals surface area contributed by atoms with Crippen molar-refractivity contribution in [3.05, 3.63) is 73.3 Å². The molecule has 0 aliphatic heterocycles. The zero-order valence-electron chi connectivity index (χ0n) is 12.7. The van der Waals surface area contributed by atoms with Gasteiger partial charge >= 0.3 is 0 Å². The molecule has 1 amide bonds. The van der Waals surface area contributed by atoms with Gasteiger partial charge in [-0.1, -0.05) is 17.7 Å². The van der Waals surface area contributed by atoms with Gasteiger partial charge in [0.2, 0.25) is 0 Å². The number of carbonyl (C=O) groups excluding carboxylic acids is 1. The third-order valence-electron chi connectivity index (χ3n) is 3.04. The van der Waals surface area contributed by atoms with Crippen molar-refractivity contribution in [1.29, 1.82) is 0 Å². The SMILES string of the molecule is O=C(NCCOc1cccc(Cl)c1)c1cc([N+](=O)[O-])cc([N+](=O)[O-])c1. The van der Waals surface area contributed by atoms with Gasteiger partial charge in [-0.15, -0.1) is 0 Å². The molecule has 0 saturated carbocycles. The summed E-state index contributed by atoms with van der Waals surface area (Å²) in [6, 6.07) is 9.42. The molecule has 0 bridgehead atoms. The van der Waals surface area contributed by atoms with Crippen LogP contribution in [0, 0.1) is 20.2 Å². The van der Waals surface area contributed by atoms with Crippen LogP contribution in [0.25, 0.3) is 0 Å². The van der Waals surface area contributed by atoms with Crippen LogP contribution in [0.4, 0.5) is 11.4 Å². The second-order valence-electron chi connectivity index (χ2n) is 4.81. The molecule has 2 rings (SSSR count). The quantitative estimate of drug-likeness (QED) is 0.457. The minimum atomic E-state index is -0.800. The lowest BCUT2D eigenvalue weighted by molar-refractivity contribution is -0.394. The molecule has 0 unspecified atom stereocenters. The second kappa shape index (κ2) is 8.06. The summed E-state index contributed by atoms with van der Waals surface area (Å²) in [5.74, 6) is -0.158. The number of halogens is 1. The van der Waals surface area contributed by atoms with E-state index in [2.05, 4.69) is 5.32 Å². The van der Waals surface area contributed by atoms with Crippen molar-refractivity contribution in [3.63, 3.8) is 0 Å². The fourth-order valence-electron chi connectivity index (χ4n) is 1.93. The number of benzene rings is 2. The maximum Gasteiger partial charge on any atom is 0.277 e. The first-order valence-electron chi connectivity index (χ1n) is 6.97. The highest BCUT2D eigenvalue weighted by Gasteiger charge is 2.19. The van der Waals surface area contributed by atoms with Crippen molar-refractivity contribution in [2.45, 2.75) is 0 Å². The van der Waals surface area contributed by atoms with E-state index in [1.54, 1.807) is 24.3 Å². The first-order valence-corrected chi connectivity index (χ1v) is 7.35. The van der Waals surface area contributed by atoms with Gasteiger partial charge in [0.15, 0.2) is 0 Å². The van der Waals surface area contributed by atoms with E-state index in [0.717, 1.165) is 18.2 Å². The Bertz CT molecular complexity index is 794. The molecule has 0 heterocycles. The van der Waals surface area contributed by atoms with Gasteiger partial charge < -0.3 is 10.1 Å². The van der Waals surface area contributed by atoms with Crippen LogP contribution in [-0.4, -0.2) is 28.9 Å². The van der Waals surface area contributed by atoms with Crippen LogP contribution in [0.1, 0.15) is 10.4 Å². The molecular formula is C15H12ClN3O6. The molecule has 130 valence electrons. The molecule has 0 aliphatic rings. The maximum absolute atomic E-state index is 12.0. The fourth-order valence-corrected chi connectivity index (χ4v) is 2.11. The van der Waals surface area contributed by atoms with Gasteiger partial charge in [-0.2, -0.15) is 0 Å². The predicted molar refractivity (Wildman–Crippen MR) is 89.0 cm³/mol. The monoisotopic (exact) mass is 365 g/mol. The predicted octanol–water partition coefficient (Wildman–Crippen LogP) is 2.97. The Morgan fingerprint density at radius 1 is 1.08 bits per heavy atom. The molecule has 0 aliphatic carbocycles. The molecule has 0 fully saturated rings. The Labute approximate surface area is 146 Å². The van der Waals surface area contributed by atoms with E-state index >= 15 is 0 Å².